The quantitative estimate of drug-likeness (QED) is 0.594. The molecule has 1 aliphatic carbocycles. The van der Waals surface area contributed by atoms with Crippen LogP contribution in [0.5, 0.6) is 0 Å². The van der Waals surface area contributed by atoms with Crippen LogP contribution in [-0.4, -0.2) is 22.5 Å². The van der Waals surface area contributed by atoms with Gasteiger partial charge in [0.2, 0.25) is 0 Å². The number of rotatable bonds is 5. The summed E-state index contributed by atoms with van der Waals surface area (Å²) in [6.45, 7) is 2.40. The lowest BCUT2D eigenvalue weighted by molar-refractivity contribution is 0.183. The molecule has 3 aromatic rings. The van der Waals surface area contributed by atoms with E-state index in [1.165, 1.54) is 18.2 Å². The summed E-state index contributed by atoms with van der Waals surface area (Å²) in [5.41, 5.74) is 1.21. The van der Waals surface area contributed by atoms with Gasteiger partial charge < -0.3 is 15.2 Å². The zero-order valence-corrected chi connectivity index (χ0v) is 16.7. The Morgan fingerprint density at radius 1 is 1.28 bits per heavy atom. The number of nitrogens with zero attached hydrogens (tertiary/aromatic N) is 1. The molecule has 1 heterocycles. The molecule has 0 bridgehead atoms. The highest BCUT2D eigenvalue weighted by Gasteiger charge is 2.39. The smallest absolute Gasteiger partial charge is 0.322 e. The Hall–Kier alpha value is -2.86. The second-order valence-corrected chi connectivity index (χ2v) is 7.65. The topological polar surface area (TPSA) is 65.2 Å². The fourth-order valence-electron chi connectivity index (χ4n) is 3.80. The standard InChI is InChI=1S/C22H21ClFN3O2/c1-2-27(22(29)26-14-9-10-19(24)18(23)11-14)20(13-7-8-13)17-12-25-21(28)16-6-4-3-5-15(16)17/h3-6,9-13,20H,2,7-8H2,1H3,(H,25,28)(H,26,29). The average molecular weight is 414 g/mol. The molecule has 150 valence electrons. The molecule has 2 N–H and O–H groups in total. The van der Waals surface area contributed by atoms with Gasteiger partial charge in [0, 0.05) is 23.8 Å². The summed E-state index contributed by atoms with van der Waals surface area (Å²) in [5.74, 6) is -0.209. The first kappa shape index (κ1) is 19.5. The van der Waals surface area contributed by atoms with Gasteiger partial charge in [0.05, 0.1) is 11.1 Å². The molecule has 29 heavy (non-hydrogen) atoms. The summed E-state index contributed by atoms with van der Waals surface area (Å²) in [6.07, 6.45) is 3.76. The molecule has 1 aromatic heterocycles. The van der Waals surface area contributed by atoms with Gasteiger partial charge in [-0.15, -0.1) is 0 Å². The molecule has 1 atom stereocenters. The number of aromatic amines is 1. The molecule has 5 nitrogen and oxygen atoms in total. The van der Waals surface area contributed by atoms with Crippen LogP contribution in [-0.2, 0) is 0 Å². The van der Waals surface area contributed by atoms with E-state index in [-0.39, 0.29) is 22.7 Å². The maximum Gasteiger partial charge on any atom is 0.322 e. The summed E-state index contributed by atoms with van der Waals surface area (Å²) in [4.78, 5) is 29.9. The van der Waals surface area contributed by atoms with Gasteiger partial charge in [0.1, 0.15) is 5.82 Å². The number of anilines is 1. The van der Waals surface area contributed by atoms with E-state index in [1.54, 1.807) is 17.2 Å². The fraction of sp³-hybridized carbons (Fsp3) is 0.273. The van der Waals surface area contributed by atoms with Gasteiger partial charge >= 0.3 is 6.03 Å². The second-order valence-electron chi connectivity index (χ2n) is 7.25. The van der Waals surface area contributed by atoms with Crippen LogP contribution in [0.2, 0.25) is 5.02 Å². The number of pyridine rings is 1. The molecular formula is C22H21ClFN3O2. The minimum atomic E-state index is -0.535. The van der Waals surface area contributed by atoms with Crippen molar-refractivity contribution in [3.63, 3.8) is 0 Å². The number of H-pyrrole nitrogens is 1. The van der Waals surface area contributed by atoms with E-state index in [9.17, 15) is 14.0 Å². The first-order chi connectivity index (χ1) is 14.0. The SMILES string of the molecule is CCN(C(=O)Nc1ccc(F)c(Cl)c1)C(c1c[nH]c(=O)c2ccccc12)C1CC1. The molecule has 2 aromatic carbocycles. The molecule has 7 heteroatoms. The summed E-state index contributed by atoms with van der Waals surface area (Å²) < 4.78 is 13.4. The zero-order chi connectivity index (χ0) is 20.5. The maximum atomic E-state index is 13.4. The van der Waals surface area contributed by atoms with Gasteiger partial charge in [0.25, 0.3) is 5.56 Å². The van der Waals surface area contributed by atoms with Crippen LogP contribution in [0, 0.1) is 11.7 Å². The van der Waals surface area contributed by atoms with Gasteiger partial charge in [-0.2, -0.15) is 0 Å². The van der Waals surface area contributed by atoms with Gasteiger partial charge in [0.15, 0.2) is 0 Å². The van der Waals surface area contributed by atoms with Crippen LogP contribution < -0.4 is 10.9 Å². The maximum absolute atomic E-state index is 13.4. The van der Waals surface area contributed by atoms with E-state index >= 15 is 0 Å². The Kier molecular flexibility index (Phi) is 5.28. The highest BCUT2D eigenvalue weighted by molar-refractivity contribution is 6.31. The number of fused-ring (bicyclic) bond motifs is 1. The minimum Gasteiger partial charge on any atom is -0.328 e. The van der Waals surface area contributed by atoms with E-state index < -0.39 is 5.82 Å². The third-order valence-electron chi connectivity index (χ3n) is 5.34. The van der Waals surface area contributed by atoms with E-state index in [2.05, 4.69) is 10.3 Å². The summed E-state index contributed by atoms with van der Waals surface area (Å²) >= 11 is 5.84. The van der Waals surface area contributed by atoms with Crippen LogP contribution >= 0.6 is 11.6 Å². The molecule has 4 rings (SSSR count). The summed E-state index contributed by atoms with van der Waals surface area (Å²) in [7, 11) is 0. The third-order valence-corrected chi connectivity index (χ3v) is 5.63. The molecular weight excluding hydrogens is 393 g/mol. The number of urea groups is 1. The van der Waals surface area contributed by atoms with E-state index in [1.807, 2.05) is 25.1 Å². The van der Waals surface area contributed by atoms with Crippen molar-refractivity contribution in [1.29, 1.82) is 0 Å². The van der Waals surface area contributed by atoms with Crippen LogP contribution in [0.15, 0.2) is 53.5 Å². The minimum absolute atomic E-state index is 0.0452. The van der Waals surface area contributed by atoms with Crippen LogP contribution in [0.25, 0.3) is 10.8 Å². The molecule has 0 aliphatic heterocycles. The average Bonchev–Trinajstić information content (AvgIpc) is 3.55. The van der Waals surface area contributed by atoms with Crippen molar-refractivity contribution in [3.05, 3.63) is 75.4 Å². The largest absolute Gasteiger partial charge is 0.328 e. The second kappa shape index (κ2) is 7.87. The number of benzene rings is 2. The molecule has 0 spiro atoms. The lowest BCUT2D eigenvalue weighted by Gasteiger charge is -2.32. The van der Waals surface area contributed by atoms with Gasteiger partial charge in [-0.3, -0.25) is 4.79 Å². The van der Waals surface area contributed by atoms with Crippen LogP contribution in [0.3, 0.4) is 0 Å². The van der Waals surface area contributed by atoms with Crippen molar-refractivity contribution >= 4 is 34.1 Å². The Morgan fingerprint density at radius 2 is 2.00 bits per heavy atom. The number of amides is 2. The fourth-order valence-corrected chi connectivity index (χ4v) is 3.98. The highest BCUT2D eigenvalue weighted by Crippen LogP contribution is 2.46. The number of carbonyl (C=O) groups excluding carboxylic acids is 1. The third kappa shape index (κ3) is 3.85. The Balaban J connectivity index is 1.70. The van der Waals surface area contributed by atoms with Gasteiger partial charge in [-0.1, -0.05) is 29.8 Å². The normalized spacial score (nSPS) is 14.6. The molecule has 1 unspecified atom stereocenters. The summed E-state index contributed by atoms with van der Waals surface area (Å²) in [6, 6.07) is 11.1. The molecule has 0 saturated heterocycles. The molecule has 1 aliphatic rings. The summed E-state index contributed by atoms with van der Waals surface area (Å²) in [5, 5.41) is 4.23. The van der Waals surface area contributed by atoms with E-state index in [0.29, 0.717) is 23.5 Å². The van der Waals surface area contributed by atoms with Crippen LogP contribution in [0.4, 0.5) is 14.9 Å². The first-order valence-electron chi connectivity index (χ1n) is 9.62. The van der Waals surface area contributed by atoms with Crippen molar-refractivity contribution in [3.8, 4) is 0 Å². The molecule has 2 amide bonds. The Bertz CT molecular complexity index is 1130. The van der Waals surface area contributed by atoms with Gasteiger partial charge in [-0.05, 0) is 60.9 Å². The molecule has 1 fully saturated rings. The number of aromatic nitrogens is 1. The molecule has 0 radical (unpaired) electrons. The van der Waals surface area contributed by atoms with Crippen molar-refractivity contribution in [1.82, 2.24) is 9.88 Å². The van der Waals surface area contributed by atoms with Gasteiger partial charge in [-0.25, -0.2) is 9.18 Å². The number of carbonyl (C=O) groups is 1. The predicted molar refractivity (Wildman–Crippen MR) is 113 cm³/mol. The first-order valence-corrected chi connectivity index (χ1v) is 10.0. The Labute approximate surface area is 172 Å². The number of nitrogens with one attached hydrogen (secondary N) is 2. The zero-order valence-electron chi connectivity index (χ0n) is 15.9. The van der Waals surface area contributed by atoms with Crippen molar-refractivity contribution in [2.75, 3.05) is 11.9 Å². The highest BCUT2D eigenvalue weighted by atomic mass is 35.5. The van der Waals surface area contributed by atoms with Crippen molar-refractivity contribution in [2.45, 2.75) is 25.8 Å². The Morgan fingerprint density at radius 3 is 2.66 bits per heavy atom. The lowest BCUT2D eigenvalue weighted by Crippen LogP contribution is -2.39. The number of hydrogen-bond donors (Lipinski definition) is 2. The monoisotopic (exact) mass is 413 g/mol. The van der Waals surface area contributed by atoms with E-state index in [4.69, 9.17) is 11.6 Å². The van der Waals surface area contributed by atoms with Crippen molar-refractivity contribution in [2.24, 2.45) is 5.92 Å². The van der Waals surface area contributed by atoms with Crippen molar-refractivity contribution < 1.29 is 9.18 Å². The number of hydrogen-bond acceptors (Lipinski definition) is 2. The predicted octanol–water partition coefficient (Wildman–Crippen LogP) is 5.33. The lowest BCUT2D eigenvalue weighted by atomic mass is 9.97. The van der Waals surface area contributed by atoms with Crippen LogP contribution in [0.1, 0.15) is 31.4 Å². The van der Waals surface area contributed by atoms with E-state index in [0.717, 1.165) is 23.8 Å². The number of halogens is 2. The molecule has 1 saturated carbocycles.